The van der Waals surface area contributed by atoms with E-state index >= 15 is 0 Å². The zero-order chi connectivity index (χ0) is 16.2. The third kappa shape index (κ3) is 5.09. The number of carbonyl (C=O) groups excluding carboxylic acids is 1. The average Bonchev–Trinajstić information content (AvgIpc) is 2.46. The van der Waals surface area contributed by atoms with Crippen molar-refractivity contribution in [3.05, 3.63) is 35.9 Å². The number of hydrogen-bond acceptors (Lipinski definition) is 5. The van der Waals surface area contributed by atoms with Gasteiger partial charge in [0.2, 0.25) is 0 Å². The van der Waals surface area contributed by atoms with Crippen LogP contribution < -0.4 is 5.73 Å². The molecule has 2 N–H and O–H groups in total. The normalized spacial score (nSPS) is 21.4. The van der Waals surface area contributed by atoms with Gasteiger partial charge in [-0.15, -0.1) is 0 Å². The molecule has 22 heavy (non-hydrogen) atoms. The summed E-state index contributed by atoms with van der Waals surface area (Å²) in [7, 11) is 0. The summed E-state index contributed by atoms with van der Waals surface area (Å²) in [6.07, 6.45) is -0.327. The van der Waals surface area contributed by atoms with E-state index in [0.717, 1.165) is 13.1 Å². The molecule has 2 rings (SSSR count). The maximum absolute atomic E-state index is 12.1. The van der Waals surface area contributed by atoms with Crippen LogP contribution in [-0.4, -0.2) is 48.3 Å². The van der Waals surface area contributed by atoms with Gasteiger partial charge in [0.25, 0.3) is 0 Å². The summed E-state index contributed by atoms with van der Waals surface area (Å²) >= 11 is 0. The van der Waals surface area contributed by atoms with Crippen molar-refractivity contribution in [2.45, 2.75) is 45.1 Å². The van der Waals surface area contributed by atoms with Crippen LogP contribution in [0.5, 0.6) is 0 Å². The molecule has 0 spiro atoms. The van der Waals surface area contributed by atoms with Gasteiger partial charge in [0, 0.05) is 19.6 Å². The molecular formula is C17H26N2O3. The van der Waals surface area contributed by atoms with Gasteiger partial charge in [-0.2, -0.15) is 0 Å². The lowest BCUT2D eigenvalue weighted by molar-refractivity contribution is -0.162. The largest absolute Gasteiger partial charge is 0.459 e. The van der Waals surface area contributed by atoms with Crippen LogP contribution in [0.2, 0.25) is 0 Å². The minimum Gasteiger partial charge on any atom is -0.459 e. The molecule has 2 unspecified atom stereocenters. The number of carbonyl (C=O) groups is 1. The van der Waals surface area contributed by atoms with Crippen LogP contribution in [0.25, 0.3) is 0 Å². The lowest BCUT2D eigenvalue weighted by Crippen LogP contribution is -2.54. The number of esters is 1. The molecule has 0 aromatic heterocycles. The number of ether oxygens (including phenoxy) is 2. The molecular weight excluding hydrogens is 280 g/mol. The molecule has 0 amide bonds. The molecule has 5 heteroatoms. The summed E-state index contributed by atoms with van der Waals surface area (Å²) in [4.78, 5) is 14.3. The smallest absolute Gasteiger partial charge is 0.326 e. The lowest BCUT2D eigenvalue weighted by atomic mass is 10.1. The first-order chi connectivity index (χ1) is 10.3. The number of morpholine rings is 1. The van der Waals surface area contributed by atoms with Gasteiger partial charge in [0.1, 0.15) is 11.6 Å². The summed E-state index contributed by atoms with van der Waals surface area (Å²) in [6, 6.07) is 9.50. The van der Waals surface area contributed by atoms with E-state index in [9.17, 15) is 4.79 Å². The Bertz CT molecular complexity index is 484. The molecule has 1 aromatic rings. The first-order valence-electron chi connectivity index (χ1n) is 7.71. The zero-order valence-corrected chi connectivity index (χ0v) is 13.6. The van der Waals surface area contributed by atoms with Crippen molar-refractivity contribution >= 4 is 5.97 Å². The van der Waals surface area contributed by atoms with Crippen LogP contribution in [0, 0.1) is 0 Å². The van der Waals surface area contributed by atoms with Gasteiger partial charge in [0.15, 0.2) is 0 Å². The van der Waals surface area contributed by atoms with Gasteiger partial charge in [-0.1, -0.05) is 30.3 Å². The Morgan fingerprint density at radius 1 is 1.41 bits per heavy atom. The van der Waals surface area contributed by atoms with Crippen LogP contribution in [0.3, 0.4) is 0 Å². The maximum Gasteiger partial charge on any atom is 0.326 e. The zero-order valence-electron chi connectivity index (χ0n) is 13.6. The molecule has 0 saturated carbocycles. The number of benzene rings is 1. The molecule has 0 bridgehead atoms. The molecule has 1 aliphatic rings. The van der Waals surface area contributed by atoms with Gasteiger partial charge in [-0.05, 0) is 26.3 Å². The minimum atomic E-state index is -0.752. The Hall–Kier alpha value is -1.43. The SMILES string of the molecule is CC(C)(C)OC(=O)C(N)C1CN(Cc2ccccc2)CCO1. The molecule has 0 radical (unpaired) electrons. The number of rotatable bonds is 4. The Morgan fingerprint density at radius 3 is 2.73 bits per heavy atom. The Balaban J connectivity index is 1.91. The van der Waals surface area contributed by atoms with Crippen LogP contribution >= 0.6 is 0 Å². The van der Waals surface area contributed by atoms with Crippen molar-refractivity contribution < 1.29 is 14.3 Å². The Kier molecular flexibility index (Phi) is 5.56. The summed E-state index contributed by atoms with van der Waals surface area (Å²) in [5.74, 6) is -0.404. The Labute approximate surface area is 132 Å². The van der Waals surface area contributed by atoms with Crippen LogP contribution in [0.15, 0.2) is 30.3 Å². The molecule has 1 heterocycles. The molecule has 1 fully saturated rings. The molecule has 1 aliphatic heterocycles. The summed E-state index contributed by atoms with van der Waals surface area (Å²) in [6.45, 7) is 8.39. The fourth-order valence-corrected chi connectivity index (χ4v) is 2.46. The van der Waals surface area contributed by atoms with Crippen molar-refractivity contribution in [2.24, 2.45) is 5.73 Å². The second-order valence-electron chi connectivity index (χ2n) is 6.69. The van der Waals surface area contributed by atoms with E-state index in [2.05, 4.69) is 17.0 Å². The van der Waals surface area contributed by atoms with E-state index in [1.165, 1.54) is 5.56 Å². The highest BCUT2D eigenvalue weighted by Gasteiger charge is 2.33. The van der Waals surface area contributed by atoms with Crippen molar-refractivity contribution in [3.63, 3.8) is 0 Å². The van der Waals surface area contributed by atoms with Crippen LogP contribution in [0.4, 0.5) is 0 Å². The summed E-state index contributed by atoms with van der Waals surface area (Å²) in [5, 5.41) is 0. The van der Waals surface area contributed by atoms with Crippen molar-refractivity contribution in [1.29, 1.82) is 0 Å². The Morgan fingerprint density at radius 2 is 2.09 bits per heavy atom. The monoisotopic (exact) mass is 306 g/mol. The highest BCUT2D eigenvalue weighted by atomic mass is 16.6. The van der Waals surface area contributed by atoms with Gasteiger partial charge in [0.05, 0.1) is 12.7 Å². The van der Waals surface area contributed by atoms with Crippen LogP contribution in [0.1, 0.15) is 26.3 Å². The van der Waals surface area contributed by atoms with Crippen molar-refractivity contribution in [1.82, 2.24) is 4.90 Å². The molecule has 0 aliphatic carbocycles. The predicted molar refractivity (Wildman–Crippen MR) is 85.3 cm³/mol. The van der Waals surface area contributed by atoms with Gasteiger partial charge >= 0.3 is 5.97 Å². The summed E-state index contributed by atoms with van der Waals surface area (Å²) < 4.78 is 11.0. The first-order valence-corrected chi connectivity index (χ1v) is 7.71. The maximum atomic E-state index is 12.1. The molecule has 1 aromatic carbocycles. The second-order valence-corrected chi connectivity index (χ2v) is 6.69. The number of nitrogens with zero attached hydrogens (tertiary/aromatic N) is 1. The van der Waals surface area contributed by atoms with E-state index in [1.54, 1.807) is 0 Å². The van der Waals surface area contributed by atoms with Gasteiger partial charge in [-0.3, -0.25) is 9.69 Å². The molecule has 122 valence electrons. The van der Waals surface area contributed by atoms with Gasteiger partial charge in [-0.25, -0.2) is 0 Å². The molecule has 1 saturated heterocycles. The van der Waals surface area contributed by atoms with Crippen LogP contribution in [-0.2, 0) is 20.8 Å². The van der Waals surface area contributed by atoms with Gasteiger partial charge < -0.3 is 15.2 Å². The van der Waals surface area contributed by atoms with E-state index in [0.29, 0.717) is 13.2 Å². The molecule has 5 nitrogen and oxygen atoms in total. The lowest BCUT2D eigenvalue weighted by Gasteiger charge is -2.35. The van der Waals surface area contributed by atoms with Crippen molar-refractivity contribution in [2.75, 3.05) is 19.7 Å². The highest BCUT2D eigenvalue weighted by Crippen LogP contribution is 2.15. The molecule has 2 atom stereocenters. The topological polar surface area (TPSA) is 64.8 Å². The van der Waals surface area contributed by atoms with Crippen molar-refractivity contribution in [3.8, 4) is 0 Å². The fraction of sp³-hybridized carbons (Fsp3) is 0.588. The highest BCUT2D eigenvalue weighted by molar-refractivity contribution is 5.76. The fourth-order valence-electron chi connectivity index (χ4n) is 2.46. The third-order valence-corrected chi connectivity index (χ3v) is 3.51. The van der Waals surface area contributed by atoms with E-state index in [-0.39, 0.29) is 6.10 Å². The minimum absolute atomic E-state index is 0.327. The summed E-state index contributed by atoms with van der Waals surface area (Å²) in [5.41, 5.74) is 6.74. The second kappa shape index (κ2) is 7.22. The van der Waals surface area contributed by atoms with E-state index in [4.69, 9.17) is 15.2 Å². The number of nitrogens with two attached hydrogens (primary N) is 1. The quantitative estimate of drug-likeness (QED) is 0.855. The first kappa shape index (κ1) is 16.9. The average molecular weight is 306 g/mol. The van der Waals surface area contributed by atoms with E-state index < -0.39 is 17.6 Å². The third-order valence-electron chi connectivity index (χ3n) is 3.51. The predicted octanol–water partition coefficient (Wildman–Crippen LogP) is 1.56. The van der Waals surface area contributed by atoms with E-state index in [1.807, 2.05) is 39.0 Å². The standard InChI is InChI=1S/C17H26N2O3/c1-17(2,3)22-16(20)15(18)14-12-19(9-10-21-14)11-13-7-5-4-6-8-13/h4-8,14-15H,9-12,18H2,1-3H3. The number of hydrogen-bond donors (Lipinski definition) is 1.